The topological polar surface area (TPSA) is 93.8 Å². The van der Waals surface area contributed by atoms with E-state index in [2.05, 4.69) is 6.92 Å². The highest BCUT2D eigenvalue weighted by molar-refractivity contribution is 7.45. The number of quaternary nitrogens is 1. The van der Waals surface area contributed by atoms with Gasteiger partial charge in [0.15, 0.2) is 0 Å². The SMILES string of the molecule is CCCCCCCCCCCCCCCOCC(CN)OP(=O)([O-])OCC[N+](C)(C)C. The normalized spacial score (nSPS) is 15.2. The predicted octanol–water partition coefficient (Wildman–Crippen LogP) is 4.63. The van der Waals surface area contributed by atoms with Crippen LogP contribution in [-0.4, -0.2) is 64.6 Å². The lowest BCUT2D eigenvalue weighted by Crippen LogP contribution is -2.38. The molecule has 0 rings (SSSR count). The number of hydrogen-bond acceptors (Lipinski definition) is 6. The van der Waals surface area contributed by atoms with E-state index in [0.29, 0.717) is 17.6 Å². The Balaban J connectivity index is 3.58. The van der Waals surface area contributed by atoms with Gasteiger partial charge < -0.3 is 28.9 Å². The van der Waals surface area contributed by atoms with E-state index in [1.165, 1.54) is 70.6 Å². The van der Waals surface area contributed by atoms with Crippen LogP contribution in [0.3, 0.4) is 0 Å². The Morgan fingerprint density at radius 2 is 1.32 bits per heavy atom. The van der Waals surface area contributed by atoms with Crippen molar-refractivity contribution < 1.29 is 27.7 Å². The quantitative estimate of drug-likeness (QED) is 0.134. The summed E-state index contributed by atoms with van der Waals surface area (Å²) in [4.78, 5) is 11.9. The van der Waals surface area contributed by atoms with E-state index in [1.807, 2.05) is 21.1 Å². The van der Waals surface area contributed by atoms with Crippen molar-refractivity contribution in [2.24, 2.45) is 5.73 Å². The first-order valence-electron chi connectivity index (χ1n) is 12.4. The molecule has 2 atom stereocenters. The van der Waals surface area contributed by atoms with Gasteiger partial charge in [-0.3, -0.25) is 4.57 Å². The van der Waals surface area contributed by atoms with Crippen LogP contribution in [-0.2, 0) is 18.3 Å². The van der Waals surface area contributed by atoms with Gasteiger partial charge in [-0.2, -0.15) is 0 Å². The van der Waals surface area contributed by atoms with Crippen molar-refractivity contribution in [2.45, 2.75) is 96.5 Å². The standard InChI is InChI=1S/C23H51N2O5P/c1-5-6-7-8-9-10-11-12-13-14-15-16-17-19-28-22-23(21-24)30-31(26,27)29-20-18-25(2,3)4/h23H,5-22,24H2,1-4H3. The average Bonchev–Trinajstić information content (AvgIpc) is 2.68. The monoisotopic (exact) mass is 466 g/mol. The lowest BCUT2D eigenvalue weighted by Gasteiger charge is -2.29. The largest absolute Gasteiger partial charge is 0.756 e. The zero-order chi connectivity index (χ0) is 23.4. The molecule has 0 aromatic carbocycles. The number of unbranched alkanes of at least 4 members (excludes halogenated alkanes) is 12. The highest BCUT2D eigenvalue weighted by Gasteiger charge is 2.19. The summed E-state index contributed by atoms with van der Waals surface area (Å²) in [6.45, 7) is 3.75. The number of rotatable bonds is 23. The van der Waals surface area contributed by atoms with E-state index in [1.54, 1.807) is 0 Å². The zero-order valence-electron chi connectivity index (χ0n) is 20.8. The van der Waals surface area contributed by atoms with E-state index in [4.69, 9.17) is 19.5 Å². The molecule has 0 bridgehead atoms. The van der Waals surface area contributed by atoms with Gasteiger partial charge in [-0.15, -0.1) is 0 Å². The number of hydrogen-bond donors (Lipinski definition) is 1. The Morgan fingerprint density at radius 1 is 0.839 bits per heavy atom. The number of phosphoric acid groups is 1. The minimum atomic E-state index is -4.36. The van der Waals surface area contributed by atoms with Gasteiger partial charge in [-0.1, -0.05) is 84.0 Å². The molecule has 0 aliphatic heterocycles. The number of nitrogens with two attached hydrogens (primary N) is 1. The minimum Gasteiger partial charge on any atom is -0.756 e. The fraction of sp³-hybridized carbons (Fsp3) is 1.00. The number of ether oxygens (including phenoxy) is 1. The highest BCUT2D eigenvalue weighted by Crippen LogP contribution is 2.39. The fourth-order valence-electron chi connectivity index (χ4n) is 3.22. The molecule has 0 radical (unpaired) electrons. The van der Waals surface area contributed by atoms with Crippen molar-refractivity contribution in [1.82, 2.24) is 0 Å². The van der Waals surface area contributed by atoms with Crippen molar-refractivity contribution in [3.63, 3.8) is 0 Å². The number of phosphoric ester groups is 1. The van der Waals surface area contributed by atoms with Crippen molar-refractivity contribution in [3.8, 4) is 0 Å². The Bertz CT molecular complexity index is 446. The van der Waals surface area contributed by atoms with Crippen LogP contribution in [0.15, 0.2) is 0 Å². The van der Waals surface area contributed by atoms with Crippen molar-refractivity contribution in [3.05, 3.63) is 0 Å². The summed E-state index contributed by atoms with van der Waals surface area (Å²) in [5.74, 6) is 0. The van der Waals surface area contributed by atoms with E-state index in [9.17, 15) is 9.46 Å². The summed E-state index contributed by atoms with van der Waals surface area (Å²) in [7, 11) is 1.53. The fourth-order valence-corrected chi connectivity index (χ4v) is 4.10. The third-order valence-electron chi connectivity index (χ3n) is 5.25. The minimum absolute atomic E-state index is 0.0729. The van der Waals surface area contributed by atoms with Gasteiger partial charge >= 0.3 is 0 Å². The Kier molecular flexibility index (Phi) is 19.5. The molecule has 2 unspecified atom stereocenters. The molecular weight excluding hydrogens is 415 g/mol. The van der Waals surface area contributed by atoms with Gasteiger partial charge in [-0.05, 0) is 6.42 Å². The number of nitrogens with zero attached hydrogens (tertiary/aromatic N) is 1. The summed E-state index contributed by atoms with van der Waals surface area (Å²) < 4.78 is 28.1. The van der Waals surface area contributed by atoms with Crippen molar-refractivity contribution >= 4 is 7.82 Å². The Morgan fingerprint density at radius 3 is 1.77 bits per heavy atom. The molecule has 0 aliphatic carbocycles. The molecule has 7 nitrogen and oxygen atoms in total. The lowest BCUT2D eigenvalue weighted by molar-refractivity contribution is -0.870. The summed E-state index contributed by atoms with van der Waals surface area (Å²) in [6, 6.07) is 0. The molecule has 0 spiro atoms. The van der Waals surface area contributed by atoms with Crippen LogP contribution in [0, 0.1) is 0 Å². The second-order valence-electron chi connectivity index (χ2n) is 9.58. The molecular formula is C23H51N2O5P. The van der Waals surface area contributed by atoms with E-state index < -0.39 is 13.9 Å². The van der Waals surface area contributed by atoms with Crippen LogP contribution in [0.25, 0.3) is 0 Å². The Labute approximate surface area is 192 Å². The second-order valence-corrected chi connectivity index (χ2v) is 10.9. The third-order valence-corrected chi connectivity index (χ3v) is 6.30. The van der Waals surface area contributed by atoms with Crippen molar-refractivity contribution in [2.75, 3.05) is 54.1 Å². The van der Waals surface area contributed by atoms with E-state index >= 15 is 0 Å². The molecule has 0 heterocycles. The molecule has 0 aromatic rings. The molecule has 0 saturated carbocycles. The predicted molar refractivity (Wildman–Crippen MR) is 127 cm³/mol. The molecule has 2 N–H and O–H groups in total. The molecule has 0 fully saturated rings. The van der Waals surface area contributed by atoms with Gasteiger partial charge in [-0.25, -0.2) is 0 Å². The van der Waals surface area contributed by atoms with Crippen LogP contribution in [0.4, 0.5) is 0 Å². The lowest BCUT2D eigenvalue weighted by atomic mass is 10.0. The van der Waals surface area contributed by atoms with E-state index in [0.717, 1.165) is 12.8 Å². The summed E-state index contributed by atoms with van der Waals surface area (Å²) in [5, 5.41) is 0. The van der Waals surface area contributed by atoms with Crippen molar-refractivity contribution in [1.29, 1.82) is 0 Å². The van der Waals surface area contributed by atoms with Crippen LogP contribution in [0.2, 0.25) is 0 Å². The molecule has 188 valence electrons. The number of likely N-dealkylation sites (N-methyl/N-ethyl adjacent to an activating group) is 1. The second kappa shape index (κ2) is 19.5. The van der Waals surface area contributed by atoms with E-state index in [-0.39, 0.29) is 19.8 Å². The smallest absolute Gasteiger partial charge is 0.268 e. The molecule has 0 aliphatic rings. The molecule has 8 heteroatoms. The summed E-state index contributed by atoms with van der Waals surface area (Å²) in [5.41, 5.74) is 5.61. The summed E-state index contributed by atoms with van der Waals surface area (Å²) in [6.07, 6.45) is 16.3. The van der Waals surface area contributed by atoms with Crippen LogP contribution >= 0.6 is 7.82 Å². The first-order valence-corrected chi connectivity index (χ1v) is 13.9. The van der Waals surface area contributed by atoms with Gasteiger partial charge in [0.1, 0.15) is 19.3 Å². The maximum absolute atomic E-state index is 11.9. The highest BCUT2D eigenvalue weighted by atomic mass is 31.2. The van der Waals surface area contributed by atoms with Gasteiger partial charge in [0.25, 0.3) is 7.82 Å². The first-order chi connectivity index (χ1) is 14.7. The average molecular weight is 467 g/mol. The maximum Gasteiger partial charge on any atom is 0.268 e. The van der Waals surface area contributed by atoms with Crippen LogP contribution in [0.5, 0.6) is 0 Å². The van der Waals surface area contributed by atoms with Crippen LogP contribution < -0.4 is 10.6 Å². The molecule has 0 saturated heterocycles. The summed E-state index contributed by atoms with van der Waals surface area (Å²) >= 11 is 0. The molecule has 0 aromatic heterocycles. The molecule has 0 amide bonds. The third kappa shape index (κ3) is 23.0. The van der Waals surface area contributed by atoms with Crippen LogP contribution in [0.1, 0.15) is 90.4 Å². The molecule has 31 heavy (non-hydrogen) atoms. The first kappa shape index (κ1) is 31.0. The zero-order valence-corrected chi connectivity index (χ0v) is 21.7. The van der Waals surface area contributed by atoms with Gasteiger partial charge in [0.2, 0.25) is 0 Å². The van der Waals surface area contributed by atoms with Gasteiger partial charge in [0.05, 0.1) is 27.7 Å². The Hall–Kier alpha value is -0.0100. The maximum atomic E-state index is 11.9. The van der Waals surface area contributed by atoms with Gasteiger partial charge in [0, 0.05) is 13.2 Å².